The first-order valence-electron chi connectivity index (χ1n) is 12.9. The third kappa shape index (κ3) is 5.83. The Hall–Kier alpha value is -4.94. The van der Waals surface area contributed by atoms with Crippen LogP contribution < -0.4 is 29.7 Å². The van der Waals surface area contributed by atoms with E-state index in [0.29, 0.717) is 55.5 Å². The fraction of sp³-hybridized carbons (Fsp3) is 0.156. The summed E-state index contributed by atoms with van der Waals surface area (Å²) in [6.45, 7) is 4.11. The molecule has 1 amide bonds. The van der Waals surface area contributed by atoms with Crippen molar-refractivity contribution in [3.05, 3.63) is 121 Å². The zero-order chi connectivity index (χ0) is 28.9. The quantitative estimate of drug-likeness (QED) is 0.320. The van der Waals surface area contributed by atoms with E-state index in [1.165, 1.54) is 28.0 Å². The van der Waals surface area contributed by atoms with Crippen LogP contribution in [0.1, 0.15) is 31.0 Å². The fourth-order valence-electron chi connectivity index (χ4n) is 4.56. The average Bonchev–Trinajstić information content (AvgIpc) is 3.27. The zero-order valence-corrected chi connectivity index (χ0v) is 23.2. The first kappa shape index (κ1) is 27.6. The van der Waals surface area contributed by atoms with E-state index in [-0.39, 0.29) is 12.2 Å². The van der Waals surface area contributed by atoms with E-state index < -0.39 is 17.8 Å². The summed E-state index contributed by atoms with van der Waals surface area (Å²) in [5, 5.41) is 2.90. The highest BCUT2D eigenvalue weighted by atomic mass is 32.1. The minimum atomic E-state index is -0.809. The molecule has 9 heteroatoms. The van der Waals surface area contributed by atoms with E-state index in [0.717, 1.165) is 0 Å². The van der Waals surface area contributed by atoms with Crippen LogP contribution in [0.2, 0.25) is 0 Å². The van der Waals surface area contributed by atoms with Crippen molar-refractivity contribution in [1.29, 1.82) is 0 Å². The molecule has 1 aromatic heterocycles. The molecule has 0 unspecified atom stereocenters. The zero-order valence-electron chi connectivity index (χ0n) is 22.4. The van der Waals surface area contributed by atoms with Crippen molar-refractivity contribution in [2.45, 2.75) is 19.9 Å². The highest BCUT2D eigenvalue weighted by Gasteiger charge is 2.32. The van der Waals surface area contributed by atoms with Crippen LogP contribution in [0.5, 0.6) is 11.5 Å². The number of allylic oxidation sites excluding steroid dienone is 1. The number of carbonyl (C=O) groups is 1. The van der Waals surface area contributed by atoms with Crippen LogP contribution in [0, 0.1) is 18.2 Å². The Balaban J connectivity index is 1.62. The third-order valence-corrected chi connectivity index (χ3v) is 7.34. The molecule has 2 heterocycles. The van der Waals surface area contributed by atoms with E-state index in [9.17, 15) is 14.0 Å². The predicted molar refractivity (Wildman–Crippen MR) is 157 cm³/mol. The lowest BCUT2D eigenvalue weighted by Gasteiger charge is -2.25. The maximum Gasteiger partial charge on any atom is 0.271 e. The van der Waals surface area contributed by atoms with Gasteiger partial charge in [-0.1, -0.05) is 53.7 Å². The van der Waals surface area contributed by atoms with Gasteiger partial charge in [0, 0.05) is 5.69 Å². The number of amides is 1. The Morgan fingerprint density at radius 3 is 2.59 bits per heavy atom. The topological polar surface area (TPSA) is 81.9 Å². The molecule has 7 nitrogen and oxygen atoms in total. The fourth-order valence-corrected chi connectivity index (χ4v) is 5.61. The Bertz CT molecular complexity index is 1850. The molecule has 0 bridgehead atoms. The second-order valence-electron chi connectivity index (χ2n) is 9.09. The van der Waals surface area contributed by atoms with Crippen molar-refractivity contribution in [2.75, 3.05) is 18.5 Å². The van der Waals surface area contributed by atoms with Crippen molar-refractivity contribution in [3.8, 4) is 23.8 Å². The smallest absolute Gasteiger partial charge is 0.271 e. The molecule has 206 valence electrons. The van der Waals surface area contributed by atoms with Crippen molar-refractivity contribution < 1.29 is 18.7 Å². The summed E-state index contributed by atoms with van der Waals surface area (Å²) < 4.78 is 27.1. The molecule has 0 radical (unpaired) electrons. The van der Waals surface area contributed by atoms with Gasteiger partial charge in [-0.3, -0.25) is 14.2 Å². The highest BCUT2D eigenvalue weighted by Crippen LogP contribution is 2.31. The molecule has 1 N–H and O–H groups in total. The number of ether oxygens (including phenoxy) is 2. The Labute approximate surface area is 239 Å². The molecule has 41 heavy (non-hydrogen) atoms. The molecule has 5 rings (SSSR count). The maximum absolute atomic E-state index is 13.9. The Morgan fingerprint density at radius 2 is 1.88 bits per heavy atom. The molecule has 0 saturated carbocycles. The van der Waals surface area contributed by atoms with E-state index in [1.807, 2.05) is 25.1 Å². The predicted octanol–water partition coefficient (Wildman–Crippen LogP) is 4.42. The monoisotopic (exact) mass is 567 g/mol. The highest BCUT2D eigenvalue weighted by molar-refractivity contribution is 7.07. The van der Waals surface area contributed by atoms with E-state index in [2.05, 4.69) is 16.2 Å². The average molecular weight is 568 g/mol. The van der Waals surface area contributed by atoms with Gasteiger partial charge in [-0.2, -0.15) is 0 Å². The molecule has 0 aliphatic carbocycles. The number of terminal acetylenes is 1. The number of rotatable bonds is 8. The van der Waals surface area contributed by atoms with Gasteiger partial charge in [-0.15, -0.1) is 6.42 Å². The van der Waals surface area contributed by atoms with Crippen LogP contribution in [0.25, 0.3) is 6.08 Å². The van der Waals surface area contributed by atoms with Crippen LogP contribution in [-0.2, 0) is 4.79 Å². The number of halogens is 1. The number of anilines is 1. The summed E-state index contributed by atoms with van der Waals surface area (Å²) in [6.07, 6.45) is 7.06. The number of nitrogens with zero attached hydrogens (tertiary/aromatic N) is 2. The van der Waals surface area contributed by atoms with Crippen LogP contribution >= 0.6 is 11.3 Å². The van der Waals surface area contributed by atoms with Crippen LogP contribution in [-0.4, -0.2) is 23.7 Å². The lowest BCUT2D eigenvalue weighted by Crippen LogP contribution is -2.40. The van der Waals surface area contributed by atoms with Crippen molar-refractivity contribution in [1.82, 2.24) is 4.57 Å². The largest absolute Gasteiger partial charge is 0.490 e. The SMILES string of the molecule is C#CCOc1ccc(/C=c2\sc3n(c2=O)[C@H](c2ccc(F)cc2)C(C(=O)Nc2ccccc2)=C(C)N=3)cc1OCC. The summed E-state index contributed by atoms with van der Waals surface area (Å²) in [5.41, 5.74) is 2.34. The number of thiazole rings is 1. The second-order valence-corrected chi connectivity index (χ2v) is 10.1. The molecule has 1 aliphatic rings. The van der Waals surface area contributed by atoms with Crippen LogP contribution in [0.4, 0.5) is 10.1 Å². The van der Waals surface area contributed by atoms with E-state index in [1.54, 1.807) is 55.5 Å². The molecule has 4 aromatic rings. The Kier molecular flexibility index (Phi) is 8.13. The van der Waals surface area contributed by atoms with E-state index in [4.69, 9.17) is 15.9 Å². The summed E-state index contributed by atoms with van der Waals surface area (Å²) in [5.74, 6) is 2.62. The van der Waals surface area contributed by atoms with E-state index >= 15 is 0 Å². The first-order valence-corrected chi connectivity index (χ1v) is 13.7. The first-order chi connectivity index (χ1) is 19.9. The standard InChI is InChI=1S/C32H26FN3O4S/c1-4-17-40-25-16-11-21(18-26(25)39-5-2)19-27-31(38)36-29(22-12-14-23(33)15-13-22)28(20(3)34-32(36)41-27)30(37)35-24-9-7-6-8-10-24/h1,6-16,18-19,29H,5,17H2,2-3H3,(H,35,37)/b27-19-/t29-/m1/s1. The number of nitrogens with one attached hydrogen (secondary N) is 1. The molecule has 1 aliphatic heterocycles. The molecular formula is C32H26FN3O4S. The number of hydrogen-bond donors (Lipinski definition) is 1. The number of para-hydroxylation sites is 1. The molecule has 0 fully saturated rings. The molecule has 0 saturated heterocycles. The van der Waals surface area contributed by atoms with Gasteiger partial charge < -0.3 is 14.8 Å². The third-order valence-electron chi connectivity index (χ3n) is 6.36. The lowest BCUT2D eigenvalue weighted by atomic mass is 9.95. The number of benzene rings is 3. The minimum absolute atomic E-state index is 0.0982. The van der Waals surface area contributed by atoms with Crippen molar-refractivity contribution in [3.63, 3.8) is 0 Å². The van der Waals surface area contributed by atoms with Gasteiger partial charge in [-0.25, -0.2) is 9.38 Å². The summed E-state index contributed by atoms with van der Waals surface area (Å²) in [6, 6.07) is 19.3. The second kappa shape index (κ2) is 12.1. The van der Waals surface area contributed by atoms with Crippen LogP contribution in [0.3, 0.4) is 0 Å². The van der Waals surface area contributed by atoms with Crippen LogP contribution in [0.15, 0.2) is 93.9 Å². The minimum Gasteiger partial charge on any atom is -0.490 e. The summed E-state index contributed by atoms with van der Waals surface area (Å²) in [7, 11) is 0. The molecular weight excluding hydrogens is 541 g/mol. The van der Waals surface area contributed by atoms with Crippen molar-refractivity contribution >= 4 is 29.0 Å². The van der Waals surface area contributed by atoms with Gasteiger partial charge in [0.1, 0.15) is 12.4 Å². The normalized spacial score (nSPS) is 14.6. The Morgan fingerprint density at radius 1 is 1.12 bits per heavy atom. The van der Waals surface area contributed by atoms with Gasteiger partial charge in [0.15, 0.2) is 16.3 Å². The summed E-state index contributed by atoms with van der Waals surface area (Å²) >= 11 is 1.21. The number of aromatic nitrogens is 1. The number of hydrogen-bond acceptors (Lipinski definition) is 6. The number of fused-ring (bicyclic) bond motifs is 1. The van der Waals surface area contributed by atoms with Gasteiger partial charge in [-0.05, 0) is 67.4 Å². The van der Waals surface area contributed by atoms with Crippen molar-refractivity contribution in [2.24, 2.45) is 4.99 Å². The molecule has 3 aromatic carbocycles. The van der Waals surface area contributed by atoms with Gasteiger partial charge in [0.2, 0.25) is 0 Å². The molecule has 1 atom stereocenters. The maximum atomic E-state index is 13.9. The van der Waals surface area contributed by atoms with Gasteiger partial charge in [0.25, 0.3) is 11.5 Å². The summed E-state index contributed by atoms with van der Waals surface area (Å²) in [4.78, 5) is 32.6. The number of carbonyl (C=O) groups excluding carboxylic acids is 1. The van der Waals surface area contributed by atoms with Gasteiger partial charge in [0.05, 0.1) is 28.5 Å². The molecule has 0 spiro atoms. The lowest BCUT2D eigenvalue weighted by molar-refractivity contribution is -0.113. The van der Waals surface area contributed by atoms with Gasteiger partial charge >= 0.3 is 0 Å².